The van der Waals surface area contributed by atoms with Crippen LogP contribution in [-0.2, 0) is 10.3 Å². The molecule has 1 atom stereocenters. The third kappa shape index (κ3) is 5.07. The highest BCUT2D eigenvalue weighted by Crippen LogP contribution is 2.37. The summed E-state index contributed by atoms with van der Waals surface area (Å²) < 4.78 is 6.88. The summed E-state index contributed by atoms with van der Waals surface area (Å²) in [5, 5.41) is 15.3. The van der Waals surface area contributed by atoms with Gasteiger partial charge in [-0.05, 0) is 55.0 Å². The van der Waals surface area contributed by atoms with Crippen molar-refractivity contribution in [1.82, 2.24) is 20.2 Å². The maximum Gasteiger partial charge on any atom is 0.242 e. The first-order valence-electron chi connectivity index (χ1n) is 8.94. The van der Waals surface area contributed by atoms with E-state index in [2.05, 4.69) is 20.8 Å². The van der Waals surface area contributed by atoms with Crippen LogP contribution in [0.1, 0.15) is 31.6 Å². The van der Waals surface area contributed by atoms with Crippen LogP contribution in [0.3, 0.4) is 0 Å². The van der Waals surface area contributed by atoms with E-state index in [4.69, 9.17) is 16.3 Å². The number of ether oxygens (including phenoxy) is 1. The Bertz CT molecular complexity index is 988. The van der Waals surface area contributed by atoms with Gasteiger partial charge in [0.1, 0.15) is 11.0 Å². The van der Waals surface area contributed by atoms with E-state index in [9.17, 15) is 4.79 Å². The second kappa shape index (κ2) is 8.84. The number of amides is 1. The second-order valence-corrected chi connectivity index (χ2v) is 8.77. The molecule has 7 nitrogen and oxygen atoms in total. The standard InChI is InChI=1S/C20H22ClN5O2S/c1-20(2,3)26-19(23-24-25-26)29-17(13-8-6-5-7-9-13)18(27)22-14-10-11-16(28-4)15(21)12-14/h5-12,17H,1-4H3,(H,22,27). The van der Waals surface area contributed by atoms with Crippen LogP contribution in [0.4, 0.5) is 5.69 Å². The molecule has 0 aliphatic rings. The Kier molecular flexibility index (Phi) is 6.44. The molecule has 0 radical (unpaired) electrons. The summed E-state index contributed by atoms with van der Waals surface area (Å²) >= 11 is 7.48. The van der Waals surface area contributed by atoms with E-state index < -0.39 is 5.25 Å². The third-order valence-electron chi connectivity index (χ3n) is 4.06. The fourth-order valence-corrected chi connectivity index (χ4v) is 4.05. The van der Waals surface area contributed by atoms with E-state index in [1.807, 2.05) is 51.1 Å². The van der Waals surface area contributed by atoms with Gasteiger partial charge < -0.3 is 10.1 Å². The summed E-state index contributed by atoms with van der Waals surface area (Å²) in [5.41, 5.74) is 1.11. The van der Waals surface area contributed by atoms with E-state index >= 15 is 0 Å². The molecule has 29 heavy (non-hydrogen) atoms. The van der Waals surface area contributed by atoms with E-state index in [1.54, 1.807) is 30.0 Å². The molecule has 3 aromatic rings. The van der Waals surface area contributed by atoms with Crippen LogP contribution in [0.15, 0.2) is 53.7 Å². The number of tetrazole rings is 1. The molecule has 0 aliphatic heterocycles. The number of benzene rings is 2. The van der Waals surface area contributed by atoms with E-state index in [0.717, 1.165) is 5.56 Å². The lowest BCUT2D eigenvalue weighted by Gasteiger charge is -2.22. The zero-order chi connectivity index (χ0) is 21.0. The number of anilines is 1. The van der Waals surface area contributed by atoms with Gasteiger partial charge in [-0.1, -0.05) is 53.7 Å². The molecule has 1 amide bonds. The molecule has 0 aliphatic carbocycles. The molecular weight excluding hydrogens is 410 g/mol. The minimum Gasteiger partial charge on any atom is -0.495 e. The summed E-state index contributed by atoms with van der Waals surface area (Å²) in [4.78, 5) is 13.2. The molecule has 2 aromatic carbocycles. The summed E-state index contributed by atoms with van der Waals surface area (Å²) in [5.74, 6) is 0.342. The quantitative estimate of drug-likeness (QED) is 0.576. The topological polar surface area (TPSA) is 81.9 Å². The van der Waals surface area contributed by atoms with E-state index in [0.29, 0.717) is 21.6 Å². The molecule has 1 unspecified atom stereocenters. The number of hydrogen-bond acceptors (Lipinski definition) is 6. The minimum absolute atomic E-state index is 0.203. The van der Waals surface area contributed by atoms with Crippen molar-refractivity contribution >= 4 is 35.0 Å². The fourth-order valence-electron chi connectivity index (χ4n) is 2.63. The highest BCUT2D eigenvalue weighted by Gasteiger charge is 2.28. The zero-order valence-corrected chi connectivity index (χ0v) is 18.2. The van der Waals surface area contributed by atoms with E-state index in [1.165, 1.54) is 11.8 Å². The van der Waals surface area contributed by atoms with Crippen molar-refractivity contribution < 1.29 is 9.53 Å². The summed E-state index contributed by atoms with van der Waals surface area (Å²) in [7, 11) is 1.54. The average Bonchev–Trinajstić information content (AvgIpc) is 3.16. The van der Waals surface area contributed by atoms with Crippen LogP contribution in [0.2, 0.25) is 5.02 Å². The molecule has 9 heteroatoms. The highest BCUT2D eigenvalue weighted by molar-refractivity contribution is 8.00. The van der Waals surface area contributed by atoms with Crippen molar-refractivity contribution in [3.05, 3.63) is 59.1 Å². The predicted octanol–water partition coefficient (Wildman–Crippen LogP) is 4.56. The number of carbonyl (C=O) groups excluding carboxylic acids is 1. The van der Waals surface area contributed by atoms with Crippen molar-refractivity contribution in [3.8, 4) is 5.75 Å². The lowest BCUT2D eigenvalue weighted by Crippen LogP contribution is -2.25. The van der Waals surface area contributed by atoms with Gasteiger partial charge in [-0.25, -0.2) is 4.68 Å². The largest absolute Gasteiger partial charge is 0.495 e. The van der Waals surface area contributed by atoms with Gasteiger partial charge >= 0.3 is 0 Å². The van der Waals surface area contributed by atoms with Gasteiger partial charge in [0, 0.05) is 5.69 Å². The Morgan fingerprint density at radius 1 is 1.21 bits per heavy atom. The van der Waals surface area contributed by atoms with Crippen molar-refractivity contribution in [2.75, 3.05) is 12.4 Å². The third-order valence-corrected chi connectivity index (χ3v) is 5.54. The molecule has 0 saturated heterocycles. The predicted molar refractivity (Wildman–Crippen MR) is 114 cm³/mol. The smallest absolute Gasteiger partial charge is 0.242 e. The average molecular weight is 432 g/mol. The molecule has 0 spiro atoms. The van der Waals surface area contributed by atoms with Crippen molar-refractivity contribution in [2.24, 2.45) is 0 Å². The number of halogens is 1. The van der Waals surface area contributed by atoms with Crippen molar-refractivity contribution in [3.63, 3.8) is 0 Å². The van der Waals surface area contributed by atoms with Gasteiger partial charge in [0.2, 0.25) is 11.1 Å². The van der Waals surface area contributed by atoms with Gasteiger partial charge in [0.05, 0.1) is 17.7 Å². The lowest BCUT2D eigenvalue weighted by atomic mass is 10.1. The fraction of sp³-hybridized carbons (Fsp3) is 0.300. The SMILES string of the molecule is COc1ccc(NC(=O)C(Sc2nnnn2C(C)(C)C)c2ccccc2)cc1Cl. The number of aromatic nitrogens is 4. The number of hydrogen-bond donors (Lipinski definition) is 1. The number of rotatable bonds is 6. The summed E-state index contributed by atoms with van der Waals surface area (Å²) in [6.45, 7) is 6.01. The van der Waals surface area contributed by atoms with Crippen molar-refractivity contribution in [1.29, 1.82) is 0 Å². The van der Waals surface area contributed by atoms with Crippen LogP contribution < -0.4 is 10.1 Å². The van der Waals surface area contributed by atoms with Gasteiger partial charge in [-0.2, -0.15) is 0 Å². The first kappa shape index (κ1) is 21.1. The highest BCUT2D eigenvalue weighted by atomic mass is 35.5. The maximum atomic E-state index is 13.2. The zero-order valence-electron chi connectivity index (χ0n) is 16.6. The molecule has 152 valence electrons. The normalized spacial score (nSPS) is 12.4. The number of nitrogens with one attached hydrogen (secondary N) is 1. The monoisotopic (exact) mass is 431 g/mol. The Hall–Kier alpha value is -2.58. The number of thioether (sulfide) groups is 1. The van der Waals surface area contributed by atoms with Crippen LogP contribution in [0, 0.1) is 0 Å². The Morgan fingerprint density at radius 3 is 2.55 bits per heavy atom. The summed E-state index contributed by atoms with van der Waals surface area (Å²) in [6.07, 6.45) is 0. The molecule has 0 saturated carbocycles. The number of nitrogens with zero attached hydrogens (tertiary/aromatic N) is 4. The van der Waals surface area contributed by atoms with Gasteiger partial charge in [0.15, 0.2) is 0 Å². The molecule has 3 rings (SSSR count). The minimum atomic E-state index is -0.552. The van der Waals surface area contributed by atoms with Crippen molar-refractivity contribution in [2.45, 2.75) is 36.7 Å². The number of methoxy groups -OCH3 is 1. The molecule has 1 aromatic heterocycles. The Balaban J connectivity index is 1.89. The van der Waals surface area contributed by atoms with Crippen LogP contribution in [0.25, 0.3) is 0 Å². The van der Waals surface area contributed by atoms with Gasteiger partial charge in [0.25, 0.3) is 0 Å². The molecule has 1 N–H and O–H groups in total. The first-order valence-corrected chi connectivity index (χ1v) is 10.2. The van der Waals surface area contributed by atoms with Gasteiger partial charge in [-0.3, -0.25) is 4.79 Å². The van der Waals surface area contributed by atoms with Gasteiger partial charge in [-0.15, -0.1) is 5.10 Å². The molecular formula is C20H22ClN5O2S. The van der Waals surface area contributed by atoms with Crippen LogP contribution in [-0.4, -0.2) is 33.2 Å². The summed E-state index contributed by atoms with van der Waals surface area (Å²) in [6, 6.07) is 14.6. The lowest BCUT2D eigenvalue weighted by molar-refractivity contribution is -0.115. The number of carbonyl (C=O) groups is 1. The maximum absolute atomic E-state index is 13.2. The molecule has 0 bridgehead atoms. The van der Waals surface area contributed by atoms with Crippen LogP contribution >= 0.6 is 23.4 Å². The Morgan fingerprint density at radius 2 is 1.93 bits per heavy atom. The molecule has 0 fully saturated rings. The molecule has 1 heterocycles. The second-order valence-electron chi connectivity index (χ2n) is 7.29. The van der Waals surface area contributed by atoms with Crippen LogP contribution in [0.5, 0.6) is 5.75 Å². The van der Waals surface area contributed by atoms with E-state index in [-0.39, 0.29) is 11.4 Å². The first-order chi connectivity index (χ1) is 13.8. The Labute approximate surface area is 178 Å².